The Morgan fingerprint density at radius 1 is 1.07 bits per heavy atom. The van der Waals surface area contributed by atoms with Gasteiger partial charge in [0, 0.05) is 0 Å². The Hall–Kier alpha value is -3.65. The van der Waals surface area contributed by atoms with Gasteiger partial charge in [-0.05, 0) is 35.7 Å². The second-order valence-corrected chi connectivity index (χ2v) is 7.32. The molecule has 1 N–H and O–H groups in total. The SMILES string of the molecule is COC(=O)c1ccsc1NC(=O)Cn1c(COc2ccccc2)nc2ccccc21. The molecule has 2 heterocycles. The number of nitrogens with one attached hydrogen (secondary N) is 1. The summed E-state index contributed by atoms with van der Waals surface area (Å²) in [6, 6.07) is 18.7. The average Bonchev–Trinajstić information content (AvgIpc) is 3.37. The van der Waals surface area contributed by atoms with E-state index in [2.05, 4.69) is 10.3 Å². The van der Waals surface area contributed by atoms with E-state index in [4.69, 9.17) is 9.47 Å². The van der Waals surface area contributed by atoms with Gasteiger partial charge in [-0.25, -0.2) is 9.78 Å². The van der Waals surface area contributed by atoms with Gasteiger partial charge in [0.1, 0.15) is 29.7 Å². The highest BCUT2D eigenvalue weighted by molar-refractivity contribution is 7.14. The smallest absolute Gasteiger partial charge is 0.340 e. The molecule has 0 saturated carbocycles. The van der Waals surface area contributed by atoms with Crippen molar-refractivity contribution in [1.82, 2.24) is 9.55 Å². The molecule has 0 unspecified atom stereocenters. The van der Waals surface area contributed by atoms with Crippen molar-refractivity contribution in [3.05, 3.63) is 77.4 Å². The Labute approximate surface area is 176 Å². The highest BCUT2D eigenvalue weighted by Gasteiger charge is 2.18. The quantitative estimate of drug-likeness (QED) is 0.454. The minimum absolute atomic E-state index is 0.0342. The number of para-hydroxylation sites is 3. The van der Waals surface area contributed by atoms with Crippen molar-refractivity contribution in [3.63, 3.8) is 0 Å². The van der Waals surface area contributed by atoms with Crippen LogP contribution in [0.3, 0.4) is 0 Å². The molecule has 1 amide bonds. The fraction of sp³-hybridized carbons (Fsp3) is 0.136. The van der Waals surface area contributed by atoms with E-state index >= 15 is 0 Å². The first kappa shape index (κ1) is 19.7. The van der Waals surface area contributed by atoms with Crippen molar-refractivity contribution in [1.29, 1.82) is 0 Å². The van der Waals surface area contributed by atoms with E-state index in [1.807, 2.05) is 59.2 Å². The topological polar surface area (TPSA) is 82.5 Å². The lowest BCUT2D eigenvalue weighted by atomic mass is 10.3. The van der Waals surface area contributed by atoms with Gasteiger partial charge in [0.05, 0.1) is 23.7 Å². The van der Waals surface area contributed by atoms with Crippen LogP contribution in [0.4, 0.5) is 5.00 Å². The van der Waals surface area contributed by atoms with Gasteiger partial charge >= 0.3 is 5.97 Å². The summed E-state index contributed by atoms with van der Waals surface area (Å²) in [7, 11) is 1.31. The Bertz CT molecular complexity index is 1180. The van der Waals surface area contributed by atoms with Gasteiger partial charge in [0.15, 0.2) is 0 Å². The Balaban J connectivity index is 1.56. The summed E-state index contributed by atoms with van der Waals surface area (Å²) in [4.78, 5) is 29.2. The highest BCUT2D eigenvalue weighted by atomic mass is 32.1. The molecule has 4 rings (SSSR count). The third-order valence-corrected chi connectivity index (χ3v) is 5.30. The number of carbonyl (C=O) groups is 2. The number of carbonyl (C=O) groups excluding carboxylic acids is 2. The summed E-state index contributed by atoms with van der Waals surface area (Å²) in [6.45, 7) is 0.255. The lowest BCUT2D eigenvalue weighted by Gasteiger charge is -2.11. The predicted octanol–water partition coefficient (Wildman–Crippen LogP) is 4.10. The monoisotopic (exact) mass is 421 g/mol. The van der Waals surface area contributed by atoms with Crippen LogP contribution in [0.2, 0.25) is 0 Å². The number of benzene rings is 2. The largest absolute Gasteiger partial charge is 0.486 e. The lowest BCUT2D eigenvalue weighted by molar-refractivity contribution is -0.116. The summed E-state index contributed by atoms with van der Waals surface area (Å²) in [5, 5.41) is 4.99. The number of methoxy groups -OCH3 is 1. The van der Waals surface area contributed by atoms with Crippen LogP contribution in [-0.2, 0) is 22.7 Å². The number of fused-ring (bicyclic) bond motifs is 1. The first-order chi connectivity index (χ1) is 14.7. The molecule has 0 aliphatic carbocycles. The lowest BCUT2D eigenvalue weighted by Crippen LogP contribution is -2.21. The van der Waals surface area contributed by atoms with E-state index in [9.17, 15) is 9.59 Å². The van der Waals surface area contributed by atoms with Gasteiger partial charge in [0.2, 0.25) is 5.91 Å². The number of nitrogens with zero attached hydrogens (tertiary/aromatic N) is 2. The average molecular weight is 421 g/mol. The third kappa shape index (κ3) is 4.18. The van der Waals surface area contributed by atoms with E-state index < -0.39 is 5.97 Å². The van der Waals surface area contributed by atoms with E-state index in [0.717, 1.165) is 16.8 Å². The van der Waals surface area contributed by atoms with E-state index in [1.54, 1.807) is 11.4 Å². The van der Waals surface area contributed by atoms with Crippen LogP contribution in [0.25, 0.3) is 11.0 Å². The second-order valence-electron chi connectivity index (χ2n) is 6.41. The molecule has 30 heavy (non-hydrogen) atoms. The number of anilines is 1. The zero-order chi connectivity index (χ0) is 20.9. The maximum Gasteiger partial charge on any atom is 0.340 e. The number of aromatic nitrogens is 2. The van der Waals surface area contributed by atoms with Crippen molar-refractivity contribution in [2.75, 3.05) is 12.4 Å². The maximum absolute atomic E-state index is 12.8. The highest BCUT2D eigenvalue weighted by Crippen LogP contribution is 2.24. The molecular formula is C22H19N3O4S. The van der Waals surface area contributed by atoms with Crippen LogP contribution in [-0.4, -0.2) is 28.5 Å². The van der Waals surface area contributed by atoms with Crippen LogP contribution in [0.1, 0.15) is 16.2 Å². The van der Waals surface area contributed by atoms with E-state index in [1.165, 1.54) is 18.4 Å². The zero-order valence-electron chi connectivity index (χ0n) is 16.2. The molecule has 0 saturated heterocycles. The molecule has 4 aromatic rings. The minimum Gasteiger partial charge on any atom is -0.486 e. The van der Waals surface area contributed by atoms with Crippen molar-refractivity contribution >= 4 is 39.2 Å². The van der Waals surface area contributed by atoms with Crippen LogP contribution < -0.4 is 10.1 Å². The first-order valence-electron chi connectivity index (χ1n) is 9.23. The molecule has 0 atom stereocenters. The summed E-state index contributed by atoms with van der Waals surface area (Å²) in [6.07, 6.45) is 0. The predicted molar refractivity (Wildman–Crippen MR) is 115 cm³/mol. The number of thiophene rings is 1. The van der Waals surface area contributed by atoms with Crippen LogP contribution >= 0.6 is 11.3 Å². The van der Waals surface area contributed by atoms with Gasteiger partial charge in [-0.3, -0.25) is 4.79 Å². The fourth-order valence-corrected chi connectivity index (χ4v) is 3.85. The van der Waals surface area contributed by atoms with Gasteiger partial charge in [-0.15, -0.1) is 11.3 Å². The number of rotatable bonds is 7. The second kappa shape index (κ2) is 8.79. The van der Waals surface area contributed by atoms with E-state index in [0.29, 0.717) is 16.4 Å². The number of amides is 1. The molecule has 0 spiro atoms. The van der Waals surface area contributed by atoms with Crippen molar-refractivity contribution in [2.24, 2.45) is 0 Å². The van der Waals surface area contributed by atoms with Gasteiger partial charge < -0.3 is 19.4 Å². The number of hydrogen-bond acceptors (Lipinski definition) is 6. The molecule has 152 valence electrons. The van der Waals surface area contributed by atoms with Crippen LogP contribution in [0, 0.1) is 0 Å². The van der Waals surface area contributed by atoms with Gasteiger partial charge in [-0.1, -0.05) is 30.3 Å². The number of imidazole rings is 1. The molecule has 0 radical (unpaired) electrons. The molecule has 0 aliphatic rings. The van der Waals surface area contributed by atoms with E-state index in [-0.39, 0.29) is 19.1 Å². The molecule has 0 bridgehead atoms. The van der Waals surface area contributed by atoms with Crippen LogP contribution in [0.15, 0.2) is 66.0 Å². The maximum atomic E-state index is 12.8. The van der Waals surface area contributed by atoms with Crippen LogP contribution in [0.5, 0.6) is 5.75 Å². The normalized spacial score (nSPS) is 10.7. The minimum atomic E-state index is -0.489. The molecule has 0 aliphatic heterocycles. The molecule has 0 fully saturated rings. The molecule has 2 aromatic carbocycles. The fourth-order valence-electron chi connectivity index (χ4n) is 3.06. The Kier molecular flexibility index (Phi) is 5.76. The summed E-state index contributed by atoms with van der Waals surface area (Å²) in [5.74, 6) is 0.597. The van der Waals surface area contributed by atoms with Crippen molar-refractivity contribution < 1.29 is 19.1 Å². The van der Waals surface area contributed by atoms with Gasteiger partial charge in [0.25, 0.3) is 0 Å². The number of ether oxygens (including phenoxy) is 2. The molecule has 2 aromatic heterocycles. The number of hydrogen-bond donors (Lipinski definition) is 1. The summed E-state index contributed by atoms with van der Waals surface area (Å²) >= 11 is 1.27. The van der Waals surface area contributed by atoms with Crippen molar-refractivity contribution in [3.8, 4) is 5.75 Å². The molecule has 8 heteroatoms. The van der Waals surface area contributed by atoms with Gasteiger partial charge in [-0.2, -0.15) is 0 Å². The Morgan fingerprint density at radius 2 is 1.83 bits per heavy atom. The van der Waals surface area contributed by atoms with Crippen molar-refractivity contribution in [2.45, 2.75) is 13.2 Å². The third-order valence-electron chi connectivity index (χ3n) is 4.47. The Morgan fingerprint density at radius 3 is 2.63 bits per heavy atom. The molecule has 7 nitrogen and oxygen atoms in total. The summed E-state index contributed by atoms with van der Waals surface area (Å²) in [5.41, 5.74) is 1.95. The zero-order valence-corrected chi connectivity index (χ0v) is 17.0. The number of esters is 1. The first-order valence-corrected chi connectivity index (χ1v) is 10.1. The summed E-state index contributed by atoms with van der Waals surface area (Å²) < 4.78 is 12.4. The molecular weight excluding hydrogens is 402 g/mol. The standard InChI is InChI=1S/C22H19N3O4S/c1-28-22(27)16-11-12-30-21(16)24-20(26)13-25-18-10-6-5-9-17(18)23-19(25)14-29-15-7-3-2-4-8-15/h2-12H,13-14H2,1H3,(H,24,26).